The van der Waals surface area contributed by atoms with E-state index in [1.165, 1.54) is 50.1 Å². The molecule has 0 aliphatic heterocycles. The van der Waals surface area contributed by atoms with Gasteiger partial charge in [-0.3, -0.25) is 0 Å². The SMILES string of the molecule is c1ccc(-c2ccc(-c3nc(-c4ccccc4)nc(-c4cccc5c4Cc4ccccc4C54c5ccccc5-c5ccccc54)n3)cc2)cc1. The second-order valence-corrected chi connectivity index (χ2v) is 13.1. The van der Waals surface area contributed by atoms with Crippen LogP contribution in [0, 0.1) is 0 Å². The zero-order valence-corrected chi connectivity index (χ0v) is 27.3. The summed E-state index contributed by atoms with van der Waals surface area (Å²) in [6.07, 6.45) is 0.793. The highest BCUT2D eigenvalue weighted by atomic mass is 15.0. The van der Waals surface area contributed by atoms with Gasteiger partial charge in [0, 0.05) is 16.7 Å². The molecule has 1 aromatic heterocycles. The first kappa shape index (κ1) is 28.6. The minimum atomic E-state index is -0.446. The lowest BCUT2D eigenvalue weighted by molar-refractivity contribution is 0.722. The van der Waals surface area contributed by atoms with Gasteiger partial charge in [-0.2, -0.15) is 0 Å². The second kappa shape index (κ2) is 11.3. The van der Waals surface area contributed by atoms with Crippen LogP contribution in [0.4, 0.5) is 0 Å². The molecule has 0 radical (unpaired) electrons. The van der Waals surface area contributed by atoms with Crippen LogP contribution >= 0.6 is 0 Å². The molecule has 50 heavy (non-hydrogen) atoms. The Hall–Kier alpha value is -6.45. The van der Waals surface area contributed by atoms with E-state index in [1.807, 2.05) is 24.3 Å². The van der Waals surface area contributed by atoms with Crippen molar-refractivity contribution < 1.29 is 0 Å². The molecule has 0 bridgehead atoms. The van der Waals surface area contributed by atoms with Crippen LogP contribution < -0.4 is 0 Å². The van der Waals surface area contributed by atoms with Gasteiger partial charge in [-0.15, -0.1) is 0 Å². The summed E-state index contributed by atoms with van der Waals surface area (Å²) in [5.74, 6) is 2.01. The first-order valence-electron chi connectivity index (χ1n) is 17.2. The van der Waals surface area contributed by atoms with Crippen LogP contribution in [0.1, 0.15) is 33.4 Å². The van der Waals surface area contributed by atoms with E-state index < -0.39 is 5.41 Å². The summed E-state index contributed by atoms with van der Waals surface area (Å²) in [5.41, 5.74) is 15.3. The number of hydrogen-bond acceptors (Lipinski definition) is 3. The Morgan fingerprint density at radius 2 is 0.760 bits per heavy atom. The minimum absolute atomic E-state index is 0.446. The van der Waals surface area contributed by atoms with Crippen molar-refractivity contribution in [2.75, 3.05) is 0 Å². The van der Waals surface area contributed by atoms with E-state index in [4.69, 9.17) is 15.0 Å². The number of rotatable bonds is 4. The average molecular weight is 638 g/mol. The Bertz CT molecular complexity index is 2510. The molecular formula is C47H31N3. The third-order valence-electron chi connectivity index (χ3n) is 10.5. The first-order chi connectivity index (χ1) is 24.8. The molecule has 3 heteroatoms. The van der Waals surface area contributed by atoms with E-state index in [1.54, 1.807) is 0 Å². The first-order valence-corrected chi connectivity index (χ1v) is 17.2. The van der Waals surface area contributed by atoms with Gasteiger partial charge in [0.2, 0.25) is 0 Å². The summed E-state index contributed by atoms with van der Waals surface area (Å²) in [4.78, 5) is 15.5. The van der Waals surface area contributed by atoms with Gasteiger partial charge in [0.05, 0.1) is 5.41 Å². The standard InChI is InChI=1S/C47H31N3/c1-3-14-31(15-4-1)32-26-28-34(29-27-32)45-48-44(33-16-5-2-6-17-33)49-46(50-45)38-21-13-25-43-39(38)30-35-18-7-10-22-40(35)47(43)41-23-11-8-19-36(41)37-20-9-12-24-42(37)47/h1-29H,30H2. The number of fused-ring (bicyclic) bond motifs is 9. The van der Waals surface area contributed by atoms with Gasteiger partial charge in [0.25, 0.3) is 0 Å². The monoisotopic (exact) mass is 637 g/mol. The Balaban J connectivity index is 1.21. The van der Waals surface area contributed by atoms with Crippen molar-refractivity contribution in [2.45, 2.75) is 11.8 Å². The quantitative estimate of drug-likeness (QED) is 0.193. The van der Waals surface area contributed by atoms with Gasteiger partial charge in [-0.25, -0.2) is 15.0 Å². The van der Waals surface area contributed by atoms with Crippen LogP contribution in [0.25, 0.3) is 56.4 Å². The normalized spacial score (nSPS) is 13.3. The van der Waals surface area contributed by atoms with Gasteiger partial charge in [-0.05, 0) is 62.1 Å². The maximum Gasteiger partial charge on any atom is 0.164 e. The summed E-state index contributed by atoms with van der Waals surface area (Å²) < 4.78 is 0. The molecule has 234 valence electrons. The maximum absolute atomic E-state index is 5.25. The Morgan fingerprint density at radius 3 is 1.42 bits per heavy atom. The van der Waals surface area contributed by atoms with E-state index in [0.29, 0.717) is 17.5 Å². The van der Waals surface area contributed by atoms with E-state index in [0.717, 1.165) is 28.7 Å². The lowest BCUT2D eigenvalue weighted by Gasteiger charge is -2.40. The summed E-state index contributed by atoms with van der Waals surface area (Å²) in [5, 5.41) is 0. The molecule has 2 aliphatic carbocycles. The molecule has 0 saturated carbocycles. The molecular weight excluding hydrogens is 607 g/mol. The highest BCUT2D eigenvalue weighted by Crippen LogP contribution is 2.59. The number of benzene rings is 7. The third kappa shape index (κ3) is 4.27. The Kier molecular flexibility index (Phi) is 6.47. The fourth-order valence-electron chi connectivity index (χ4n) is 8.31. The van der Waals surface area contributed by atoms with Crippen LogP contribution in [0.5, 0.6) is 0 Å². The lowest BCUT2D eigenvalue weighted by atomic mass is 9.61. The summed E-state index contributed by atoms with van der Waals surface area (Å²) in [7, 11) is 0. The summed E-state index contributed by atoms with van der Waals surface area (Å²) in [6, 6.07) is 62.8. The van der Waals surface area contributed by atoms with Crippen molar-refractivity contribution in [3.05, 3.63) is 209 Å². The largest absolute Gasteiger partial charge is 0.208 e. The number of hydrogen-bond donors (Lipinski definition) is 0. The fourth-order valence-corrected chi connectivity index (χ4v) is 8.31. The predicted octanol–water partition coefficient (Wildman–Crippen LogP) is 10.8. The molecule has 1 heterocycles. The van der Waals surface area contributed by atoms with Crippen LogP contribution in [0.15, 0.2) is 176 Å². The molecule has 0 unspecified atom stereocenters. The smallest absolute Gasteiger partial charge is 0.164 e. The maximum atomic E-state index is 5.25. The highest BCUT2D eigenvalue weighted by molar-refractivity contribution is 5.89. The predicted molar refractivity (Wildman–Crippen MR) is 202 cm³/mol. The van der Waals surface area contributed by atoms with Gasteiger partial charge in [0.1, 0.15) is 0 Å². The molecule has 0 saturated heterocycles. The second-order valence-electron chi connectivity index (χ2n) is 13.1. The van der Waals surface area contributed by atoms with Crippen LogP contribution in [0.3, 0.4) is 0 Å². The molecule has 10 rings (SSSR count). The summed E-state index contributed by atoms with van der Waals surface area (Å²) in [6.45, 7) is 0. The summed E-state index contributed by atoms with van der Waals surface area (Å²) >= 11 is 0. The zero-order valence-electron chi connectivity index (χ0n) is 27.3. The van der Waals surface area contributed by atoms with E-state index in [-0.39, 0.29) is 0 Å². The van der Waals surface area contributed by atoms with E-state index in [2.05, 4.69) is 152 Å². The van der Waals surface area contributed by atoms with Crippen molar-refractivity contribution in [2.24, 2.45) is 0 Å². The van der Waals surface area contributed by atoms with Crippen molar-refractivity contribution in [1.82, 2.24) is 15.0 Å². The lowest BCUT2D eigenvalue weighted by Crippen LogP contribution is -2.34. The molecule has 3 nitrogen and oxygen atoms in total. The molecule has 0 amide bonds. The van der Waals surface area contributed by atoms with Crippen molar-refractivity contribution >= 4 is 0 Å². The highest BCUT2D eigenvalue weighted by Gasteiger charge is 2.50. The van der Waals surface area contributed by atoms with Crippen molar-refractivity contribution in [3.63, 3.8) is 0 Å². The minimum Gasteiger partial charge on any atom is -0.208 e. The van der Waals surface area contributed by atoms with Crippen molar-refractivity contribution in [3.8, 4) is 56.4 Å². The number of aromatic nitrogens is 3. The third-order valence-corrected chi connectivity index (χ3v) is 10.5. The Labute approximate surface area is 291 Å². The van der Waals surface area contributed by atoms with Crippen LogP contribution in [-0.2, 0) is 11.8 Å². The molecule has 0 atom stereocenters. The zero-order chi connectivity index (χ0) is 33.1. The van der Waals surface area contributed by atoms with Crippen LogP contribution in [0.2, 0.25) is 0 Å². The van der Waals surface area contributed by atoms with Gasteiger partial charge < -0.3 is 0 Å². The molecule has 0 fully saturated rings. The number of nitrogens with zero attached hydrogens (tertiary/aromatic N) is 3. The van der Waals surface area contributed by atoms with Gasteiger partial charge in [-0.1, -0.05) is 176 Å². The van der Waals surface area contributed by atoms with E-state index >= 15 is 0 Å². The molecule has 1 spiro atoms. The van der Waals surface area contributed by atoms with Gasteiger partial charge >= 0.3 is 0 Å². The molecule has 8 aromatic rings. The molecule has 2 aliphatic rings. The average Bonchev–Trinajstić information content (AvgIpc) is 3.49. The van der Waals surface area contributed by atoms with E-state index in [9.17, 15) is 0 Å². The Morgan fingerprint density at radius 1 is 0.320 bits per heavy atom. The fraction of sp³-hybridized carbons (Fsp3) is 0.0426. The van der Waals surface area contributed by atoms with Crippen molar-refractivity contribution in [1.29, 1.82) is 0 Å². The molecule has 7 aromatic carbocycles. The van der Waals surface area contributed by atoms with Crippen LogP contribution in [-0.4, -0.2) is 15.0 Å². The topological polar surface area (TPSA) is 38.7 Å². The molecule has 0 N–H and O–H groups in total. The van der Waals surface area contributed by atoms with Gasteiger partial charge in [0.15, 0.2) is 17.5 Å².